The van der Waals surface area contributed by atoms with Crippen molar-refractivity contribution in [2.75, 3.05) is 18.6 Å². The molecule has 1 spiro atoms. The molecular formula is C16H17N3O5. The molecule has 0 unspecified atom stereocenters. The molecule has 0 radical (unpaired) electrons. The van der Waals surface area contributed by atoms with Gasteiger partial charge in [0.15, 0.2) is 0 Å². The van der Waals surface area contributed by atoms with Crippen LogP contribution in [0.5, 0.6) is 5.75 Å². The quantitative estimate of drug-likeness (QED) is 0.641. The molecule has 1 fully saturated rings. The van der Waals surface area contributed by atoms with Gasteiger partial charge in [-0.1, -0.05) is 6.07 Å². The van der Waals surface area contributed by atoms with Gasteiger partial charge < -0.3 is 9.47 Å². The minimum atomic E-state index is -1.22. The predicted molar refractivity (Wildman–Crippen MR) is 84.7 cm³/mol. The van der Waals surface area contributed by atoms with Crippen molar-refractivity contribution in [3.63, 3.8) is 0 Å². The van der Waals surface area contributed by atoms with Gasteiger partial charge in [0.1, 0.15) is 17.0 Å². The van der Waals surface area contributed by atoms with Crippen LogP contribution in [0, 0.1) is 0 Å². The van der Waals surface area contributed by atoms with E-state index in [-0.39, 0.29) is 31.1 Å². The topological polar surface area (TPSA) is 97.3 Å². The minimum Gasteiger partial charge on any atom is -0.497 e. The molecule has 8 nitrogen and oxygen atoms in total. The molecule has 2 aliphatic rings. The Hall–Kier alpha value is -2.90. The number of amides is 2. The third-order valence-corrected chi connectivity index (χ3v) is 4.01. The molecule has 0 aliphatic carbocycles. The fourth-order valence-electron chi connectivity index (χ4n) is 2.85. The standard InChI is InChI=1S/C16H17N3O5/c1-3-24-14(21)12-8-16(18-17-12)9-13(20)19(15(16)22)10-5-4-6-11(7-10)23-2/h4-7,18H,3,8-9H2,1-2H3/t16-/m0/s1. The van der Waals surface area contributed by atoms with Crippen molar-refractivity contribution in [1.82, 2.24) is 5.43 Å². The molecule has 1 N–H and O–H groups in total. The van der Waals surface area contributed by atoms with Gasteiger partial charge in [-0.15, -0.1) is 0 Å². The number of hydrazone groups is 1. The Balaban J connectivity index is 1.84. The number of esters is 1. The minimum absolute atomic E-state index is 0.0247. The summed E-state index contributed by atoms with van der Waals surface area (Å²) >= 11 is 0. The highest BCUT2D eigenvalue weighted by Gasteiger charge is 2.56. The first-order chi connectivity index (χ1) is 11.5. The number of anilines is 1. The van der Waals surface area contributed by atoms with Gasteiger partial charge in [-0.3, -0.25) is 15.0 Å². The normalized spacial score (nSPS) is 22.6. The van der Waals surface area contributed by atoms with E-state index in [2.05, 4.69) is 10.5 Å². The summed E-state index contributed by atoms with van der Waals surface area (Å²) in [5.74, 6) is -0.844. The van der Waals surface area contributed by atoms with Crippen molar-refractivity contribution in [3.8, 4) is 5.75 Å². The molecule has 8 heteroatoms. The van der Waals surface area contributed by atoms with Gasteiger partial charge in [0, 0.05) is 12.5 Å². The summed E-state index contributed by atoms with van der Waals surface area (Å²) in [7, 11) is 1.51. The Morgan fingerprint density at radius 3 is 2.88 bits per heavy atom. The van der Waals surface area contributed by atoms with Crippen molar-refractivity contribution in [2.45, 2.75) is 25.3 Å². The second-order valence-electron chi connectivity index (χ2n) is 5.56. The second kappa shape index (κ2) is 5.95. The van der Waals surface area contributed by atoms with Gasteiger partial charge in [0.05, 0.1) is 25.8 Å². The van der Waals surface area contributed by atoms with Gasteiger partial charge in [0.2, 0.25) is 5.91 Å². The zero-order valence-corrected chi connectivity index (χ0v) is 13.4. The maximum absolute atomic E-state index is 12.8. The van der Waals surface area contributed by atoms with Crippen molar-refractivity contribution >= 4 is 29.2 Å². The molecule has 3 rings (SSSR count). The van der Waals surface area contributed by atoms with Crippen LogP contribution in [0.3, 0.4) is 0 Å². The summed E-state index contributed by atoms with van der Waals surface area (Å²) in [6.45, 7) is 1.90. The predicted octanol–water partition coefficient (Wildman–Crippen LogP) is 0.610. The van der Waals surface area contributed by atoms with E-state index in [1.165, 1.54) is 7.11 Å². The number of methoxy groups -OCH3 is 1. The van der Waals surface area contributed by atoms with Gasteiger partial charge in [-0.2, -0.15) is 5.10 Å². The monoisotopic (exact) mass is 331 g/mol. The van der Waals surface area contributed by atoms with Crippen LogP contribution in [0.2, 0.25) is 0 Å². The van der Waals surface area contributed by atoms with E-state index in [1.54, 1.807) is 31.2 Å². The first-order valence-corrected chi connectivity index (χ1v) is 7.53. The molecule has 2 heterocycles. The van der Waals surface area contributed by atoms with Crippen molar-refractivity contribution < 1.29 is 23.9 Å². The summed E-state index contributed by atoms with van der Waals surface area (Å²) in [6.07, 6.45) is -0.0493. The lowest BCUT2D eigenvalue weighted by molar-refractivity contribution is -0.135. The van der Waals surface area contributed by atoms with E-state index in [4.69, 9.17) is 9.47 Å². The van der Waals surface area contributed by atoms with Gasteiger partial charge in [0.25, 0.3) is 5.91 Å². The van der Waals surface area contributed by atoms with Crippen LogP contribution in [0.25, 0.3) is 0 Å². The highest BCUT2D eigenvalue weighted by molar-refractivity contribution is 6.39. The van der Waals surface area contributed by atoms with E-state index in [0.717, 1.165) is 4.90 Å². The Morgan fingerprint density at radius 2 is 2.17 bits per heavy atom. The lowest BCUT2D eigenvalue weighted by Gasteiger charge is -2.21. The first kappa shape index (κ1) is 16.0. The van der Waals surface area contributed by atoms with E-state index in [1.807, 2.05) is 0 Å². The van der Waals surface area contributed by atoms with E-state index < -0.39 is 17.4 Å². The third kappa shape index (κ3) is 2.49. The molecule has 1 atom stereocenters. The summed E-state index contributed by atoms with van der Waals surface area (Å²) in [5, 5.41) is 3.90. The zero-order chi connectivity index (χ0) is 17.3. The first-order valence-electron chi connectivity index (χ1n) is 7.53. The Labute approximate surface area is 138 Å². The van der Waals surface area contributed by atoms with Crippen LogP contribution in [0.1, 0.15) is 19.8 Å². The van der Waals surface area contributed by atoms with E-state index >= 15 is 0 Å². The Bertz CT molecular complexity index is 745. The Morgan fingerprint density at radius 1 is 1.38 bits per heavy atom. The number of benzene rings is 1. The number of imide groups is 1. The van der Waals surface area contributed by atoms with Crippen molar-refractivity contribution in [1.29, 1.82) is 0 Å². The lowest BCUT2D eigenvalue weighted by atomic mass is 9.93. The van der Waals surface area contributed by atoms with Crippen LogP contribution in [-0.2, 0) is 19.1 Å². The molecule has 24 heavy (non-hydrogen) atoms. The smallest absolute Gasteiger partial charge is 0.354 e. The highest BCUT2D eigenvalue weighted by atomic mass is 16.5. The molecule has 0 bridgehead atoms. The third-order valence-electron chi connectivity index (χ3n) is 4.01. The molecular weight excluding hydrogens is 314 g/mol. The molecule has 2 amide bonds. The molecule has 2 aliphatic heterocycles. The maximum Gasteiger partial charge on any atom is 0.354 e. The van der Waals surface area contributed by atoms with Gasteiger partial charge in [-0.05, 0) is 19.1 Å². The second-order valence-corrected chi connectivity index (χ2v) is 5.56. The SMILES string of the molecule is CCOC(=O)C1=NN[C@]2(CC(=O)N(c3cccc(OC)c3)C2=O)C1. The van der Waals surface area contributed by atoms with Crippen LogP contribution in [-0.4, -0.2) is 42.8 Å². The van der Waals surface area contributed by atoms with Crippen LogP contribution in [0.4, 0.5) is 5.69 Å². The number of ether oxygens (including phenoxy) is 2. The van der Waals surface area contributed by atoms with Gasteiger partial charge in [-0.25, -0.2) is 9.69 Å². The molecule has 0 saturated carbocycles. The van der Waals surface area contributed by atoms with E-state index in [0.29, 0.717) is 11.4 Å². The average molecular weight is 331 g/mol. The summed E-state index contributed by atoms with van der Waals surface area (Å²) in [6, 6.07) is 6.68. The molecule has 1 aromatic rings. The summed E-state index contributed by atoms with van der Waals surface area (Å²) in [4.78, 5) is 38.1. The zero-order valence-electron chi connectivity index (χ0n) is 13.4. The molecule has 1 aromatic carbocycles. The van der Waals surface area contributed by atoms with E-state index in [9.17, 15) is 14.4 Å². The number of hydrogen-bond donors (Lipinski definition) is 1. The summed E-state index contributed by atoms with van der Waals surface area (Å²) < 4.78 is 10.0. The Kier molecular flexibility index (Phi) is 3.96. The largest absolute Gasteiger partial charge is 0.497 e. The molecule has 0 aromatic heterocycles. The van der Waals surface area contributed by atoms with Gasteiger partial charge >= 0.3 is 5.97 Å². The number of hydrogen-bond acceptors (Lipinski definition) is 7. The number of nitrogens with zero attached hydrogens (tertiary/aromatic N) is 2. The maximum atomic E-state index is 12.8. The molecule has 1 saturated heterocycles. The van der Waals surface area contributed by atoms with Crippen LogP contribution < -0.4 is 15.1 Å². The number of rotatable bonds is 4. The molecule has 126 valence electrons. The van der Waals surface area contributed by atoms with Crippen molar-refractivity contribution in [2.24, 2.45) is 5.10 Å². The summed E-state index contributed by atoms with van der Waals surface area (Å²) in [5.41, 5.74) is 1.99. The van der Waals surface area contributed by atoms with Crippen LogP contribution in [0.15, 0.2) is 29.4 Å². The fraction of sp³-hybridized carbons (Fsp3) is 0.375. The fourth-order valence-corrected chi connectivity index (χ4v) is 2.85. The highest BCUT2D eigenvalue weighted by Crippen LogP contribution is 2.35. The number of carbonyl (C=O) groups excluding carboxylic acids is 3. The van der Waals surface area contributed by atoms with Crippen LogP contribution >= 0.6 is 0 Å². The average Bonchev–Trinajstić information content (AvgIpc) is 3.10. The number of nitrogens with one attached hydrogen (secondary N) is 1. The number of carbonyl (C=O) groups is 3. The lowest BCUT2D eigenvalue weighted by Crippen LogP contribution is -2.47. The van der Waals surface area contributed by atoms with Crippen molar-refractivity contribution in [3.05, 3.63) is 24.3 Å².